The largest absolute Gasteiger partial charge is 0.497 e. The number of hydrogen-bond donors (Lipinski definition) is 1. The summed E-state index contributed by atoms with van der Waals surface area (Å²) >= 11 is 0. The number of nitrogens with zero attached hydrogens (tertiary/aromatic N) is 1. The van der Waals surface area contributed by atoms with Gasteiger partial charge in [0.15, 0.2) is 6.10 Å². The topological polar surface area (TPSA) is 67.9 Å². The highest BCUT2D eigenvalue weighted by atomic mass is 16.5. The van der Waals surface area contributed by atoms with Gasteiger partial charge < -0.3 is 19.7 Å². The van der Waals surface area contributed by atoms with Crippen molar-refractivity contribution in [2.75, 3.05) is 23.9 Å². The summed E-state index contributed by atoms with van der Waals surface area (Å²) in [6.07, 6.45) is 2.00. The summed E-state index contributed by atoms with van der Waals surface area (Å²) in [6.45, 7) is 5.87. The summed E-state index contributed by atoms with van der Waals surface area (Å²) < 4.78 is 11.1. The second-order valence-electron chi connectivity index (χ2n) is 6.52. The zero-order chi connectivity index (χ0) is 20.1. The molecule has 1 aliphatic heterocycles. The molecule has 2 aromatic rings. The number of fused-ring (bicyclic) bond motifs is 1. The molecule has 0 saturated heterocycles. The highest BCUT2D eigenvalue weighted by molar-refractivity contribution is 5.97. The second-order valence-corrected chi connectivity index (χ2v) is 6.52. The Balaban J connectivity index is 1.73. The third-order valence-electron chi connectivity index (χ3n) is 4.63. The van der Waals surface area contributed by atoms with Crippen molar-refractivity contribution in [2.45, 2.75) is 25.9 Å². The first-order chi connectivity index (χ1) is 13.5. The minimum Gasteiger partial charge on any atom is -0.497 e. The molecule has 1 atom stereocenters. The van der Waals surface area contributed by atoms with E-state index in [-0.39, 0.29) is 11.8 Å². The average Bonchev–Trinajstić information content (AvgIpc) is 2.71. The molecule has 0 fully saturated rings. The van der Waals surface area contributed by atoms with E-state index >= 15 is 0 Å². The number of nitrogens with one attached hydrogen (secondary N) is 1. The minimum absolute atomic E-state index is 0.0647. The first-order valence-electron chi connectivity index (χ1n) is 9.18. The van der Waals surface area contributed by atoms with Crippen LogP contribution in [-0.4, -0.2) is 31.6 Å². The van der Waals surface area contributed by atoms with E-state index in [1.807, 2.05) is 18.2 Å². The van der Waals surface area contributed by atoms with Crippen LogP contribution in [0.3, 0.4) is 0 Å². The fourth-order valence-corrected chi connectivity index (χ4v) is 3.16. The Labute approximate surface area is 164 Å². The lowest BCUT2D eigenvalue weighted by molar-refractivity contribution is -0.122. The normalized spacial score (nSPS) is 14.1. The van der Waals surface area contributed by atoms with E-state index < -0.39 is 6.10 Å². The highest BCUT2D eigenvalue weighted by Crippen LogP contribution is 2.35. The van der Waals surface area contributed by atoms with Crippen molar-refractivity contribution >= 4 is 23.2 Å². The molecule has 6 heteroatoms. The van der Waals surface area contributed by atoms with Gasteiger partial charge in [-0.25, -0.2) is 0 Å². The molecule has 0 radical (unpaired) electrons. The molecule has 3 rings (SSSR count). The van der Waals surface area contributed by atoms with Gasteiger partial charge >= 0.3 is 0 Å². The predicted octanol–water partition coefficient (Wildman–Crippen LogP) is 3.57. The summed E-state index contributed by atoms with van der Waals surface area (Å²) in [5.41, 5.74) is 2.42. The number of carbonyl (C=O) groups is 2. The van der Waals surface area contributed by atoms with Crippen LogP contribution < -0.4 is 19.7 Å². The highest BCUT2D eigenvalue weighted by Gasteiger charge is 2.27. The molecular formula is C22H24N2O4. The van der Waals surface area contributed by atoms with Gasteiger partial charge in [-0.05, 0) is 49.7 Å². The van der Waals surface area contributed by atoms with Crippen LogP contribution in [0, 0.1) is 0 Å². The quantitative estimate of drug-likeness (QED) is 0.746. The van der Waals surface area contributed by atoms with Gasteiger partial charge in [-0.15, -0.1) is 6.58 Å². The Morgan fingerprint density at radius 2 is 2.00 bits per heavy atom. The Morgan fingerprint density at radius 1 is 1.25 bits per heavy atom. The molecule has 2 aromatic carbocycles. The maximum absolute atomic E-state index is 12.5. The van der Waals surface area contributed by atoms with Crippen molar-refractivity contribution in [1.29, 1.82) is 0 Å². The van der Waals surface area contributed by atoms with Gasteiger partial charge in [-0.2, -0.15) is 0 Å². The Morgan fingerprint density at radius 3 is 2.68 bits per heavy atom. The van der Waals surface area contributed by atoms with Gasteiger partial charge in [0.25, 0.3) is 5.91 Å². The monoisotopic (exact) mass is 380 g/mol. The molecule has 1 aliphatic rings. The molecule has 6 nitrogen and oxygen atoms in total. The van der Waals surface area contributed by atoms with Crippen LogP contribution in [0.15, 0.2) is 55.1 Å². The molecule has 0 aromatic heterocycles. The van der Waals surface area contributed by atoms with E-state index in [4.69, 9.17) is 9.47 Å². The molecule has 1 unspecified atom stereocenters. The van der Waals surface area contributed by atoms with E-state index in [1.165, 1.54) is 0 Å². The predicted molar refractivity (Wildman–Crippen MR) is 109 cm³/mol. The fraction of sp³-hybridized carbons (Fsp3) is 0.273. The van der Waals surface area contributed by atoms with Gasteiger partial charge in [0.2, 0.25) is 5.91 Å². The Kier molecular flexibility index (Phi) is 5.99. The zero-order valence-corrected chi connectivity index (χ0v) is 16.1. The third-order valence-corrected chi connectivity index (χ3v) is 4.63. The number of carbonyl (C=O) groups excluding carboxylic acids is 2. The minimum atomic E-state index is -0.695. The van der Waals surface area contributed by atoms with E-state index in [2.05, 4.69) is 11.9 Å². The molecule has 146 valence electrons. The van der Waals surface area contributed by atoms with Crippen LogP contribution >= 0.6 is 0 Å². The standard InChI is InChI=1S/C22H24N2O4/c1-4-14-24-19-6-5-7-20(18(19)12-13-21(24)25)28-15(2)22(26)23-16-8-10-17(27-3)11-9-16/h4-11,15H,1,12-14H2,2-3H3,(H,23,26). The summed E-state index contributed by atoms with van der Waals surface area (Å²) in [5.74, 6) is 1.15. The van der Waals surface area contributed by atoms with Crippen LogP contribution in [0.5, 0.6) is 11.5 Å². The summed E-state index contributed by atoms with van der Waals surface area (Å²) in [6, 6.07) is 12.7. The first kappa shape index (κ1) is 19.5. The lowest BCUT2D eigenvalue weighted by atomic mass is 10.00. The molecule has 1 heterocycles. The van der Waals surface area contributed by atoms with Crippen LogP contribution in [-0.2, 0) is 16.0 Å². The number of anilines is 2. The van der Waals surface area contributed by atoms with Crippen molar-refractivity contribution in [3.8, 4) is 11.5 Å². The van der Waals surface area contributed by atoms with Gasteiger partial charge in [-0.1, -0.05) is 12.1 Å². The van der Waals surface area contributed by atoms with Gasteiger partial charge in [0.05, 0.1) is 12.8 Å². The van der Waals surface area contributed by atoms with Crippen LogP contribution in [0.4, 0.5) is 11.4 Å². The number of hydrogen-bond acceptors (Lipinski definition) is 4. The third kappa shape index (κ3) is 4.17. The van der Waals surface area contributed by atoms with E-state index in [9.17, 15) is 9.59 Å². The summed E-state index contributed by atoms with van der Waals surface area (Å²) in [7, 11) is 1.59. The smallest absolute Gasteiger partial charge is 0.265 e. The van der Waals surface area contributed by atoms with E-state index in [1.54, 1.807) is 49.3 Å². The van der Waals surface area contributed by atoms with Crippen molar-refractivity contribution in [1.82, 2.24) is 0 Å². The maximum atomic E-state index is 12.5. The Hall–Kier alpha value is -3.28. The van der Waals surface area contributed by atoms with Gasteiger partial charge in [0.1, 0.15) is 11.5 Å². The lowest BCUT2D eigenvalue weighted by Crippen LogP contribution is -2.36. The zero-order valence-electron chi connectivity index (χ0n) is 16.1. The van der Waals surface area contributed by atoms with Crippen molar-refractivity contribution in [2.24, 2.45) is 0 Å². The molecular weight excluding hydrogens is 356 g/mol. The lowest BCUT2D eigenvalue weighted by Gasteiger charge is -2.30. The number of benzene rings is 2. The number of methoxy groups -OCH3 is 1. The van der Waals surface area contributed by atoms with Crippen LogP contribution in [0.25, 0.3) is 0 Å². The van der Waals surface area contributed by atoms with E-state index in [0.29, 0.717) is 30.8 Å². The summed E-state index contributed by atoms with van der Waals surface area (Å²) in [5, 5.41) is 2.83. The number of amides is 2. The van der Waals surface area contributed by atoms with Crippen LogP contribution in [0.2, 0.25) is 0 Å². The van der Waals surface area contributed by atoms with Gasteiger partial charge in [0, 0.05) is 24.2 Å². The fourth-order valence-electron chi connectivity index (χ4n) is 3.16. The molecule has 0 saturated carbocycles. The molecule has 28 heavy (non-hydrogen) atoms. The molecule has 2 amide bonds. The van der Waals surface area contributed by atoms with Gasteiger partial charge in [-0.3, -0.25) is 9.59 Å². The molecule has 0 aliphatic carbocycles. The maximum Gasteiger partial charge on any atom is 0.265 e. The SMILES string of the molecule is C=CCN1C(=O)CCc2c(OC(C)C(=O)Nc3ccc(OC)cc3)cccc21. The molecule has 0 bridgehead atoms. The first-order valence-corrected chi connectivity index (χ1v) is 9.18. The molecule has 0 spiro atoms. The van der Waals surface area contributed by atoms with Crippen molar-refractivity contribution in [3.05, 3.63) is 60.7 Å². The average molecular weight is 380 g/mol. The Bertz CT molecular complexity index is 877. The second kappa shape index (κ2) is 8.61. The number of ether oxygens (including phenoxy) is 2. The van der Waals surface area contributed by atoms with E-state index in [0.717, 1.165) is 17.0 Å². The van der Waals surface area contributed by atoms with Crippen molar-refractivity contribution < 1.29 is 19.1 Å². The summed E-state index contributed by atoms with van der Waals surface area (Å²) in [4.78, 5) is 26.4. The molecule has 1 N–H and O–H groups in total. The number of rotatable bonds is 7. The van der Waals surface area contributed by atoms with Crippen LogP contribution in [0.1, 0.15) is 18.9 Å². The van der Waals surface area contributed by atoms with Crippen molar-refractivity contribution in [3.63, 3.8) is 0 Å².